The lowest BCUT2D eigenvalue weighted by Crippen LogP contribution is -2.29. The van der Waals surface area contributed by atoms with Crippen molar-refractivity contribution in [3.63, 3.8) is 0 Å². The summed E-state index contributed by atoms with van der Waals surface area (Å²) in [5.74, 6) is -1.14. The Bertz CT molecular complexity index is 1130. The largest absolute Gasteiger partial charge is 0.348 e. The van der Waals surface area contributed by atoms with Crippen LogP contribution in [0.3, 0.4) is 0 Å². The molecule has 3 aromatic rings. The van der Waals surface area contributed by atoms with Crippen LogP contribution in [-0.2, 0) is 16.1 Å². The van der Waals surface area contributed by atoms with E-state index in [2.05, 4.69) is 26.6 Å². The minimum Gasteiger partial charge on any atom is -0.348 e. The van der Waals surface area contributed by atoms with E-state index in [1.54, 1.807) is 29.2 Å². The van der Waals surface area contributed by atoms with Crippen molar-refractivity contribution in [3.8, 4) is 0 Å². The fraction of sp³-hybridized carbons (Fsp3) is 0.160. The van der Waals surface area contributed by atoms with E-state index in [0.717, 1.165) is 15.7 Å². The van der Waals surface area contributed by atoms with Gasteiger partial charge in [-0.15, -0.1) is 0 Å². The van der Waals surface area contributed by atoms with E-state index < -0.39 is 5.92 Å². The van der Waals surface area contributed by atoms with Gasteiger partial charge in [0.1, 0.15) is 0 Å². The molecule has 0 aliphatic carbocycles. The van der Waals surface area contributed by atoms with Crippen LogP contribution in [0.2, 0.25) is 0 Å². The lowest BCUT2D eigenvalue weighted by atomic mass is 10.1. The van der Waals surface area contributed by atoms with Gasteiger partial charge in [0.15, 0.2) is 0 Å². The second-order valence-corrected chi connectivity index (χ2v) is 8.50. The Balaban J connectivity index is 1.42. The number of benzene rings is 3. The van der Waals surface area contributed by atoms with Crippen LogP contribution >= 0.6 is 15.9 Å². The van der Waals surface area contributed by atoms with E-state index in [1.165, 1.54) is 0 Å². The molecule has 162 valence electrons. The molecule has 1 saturated heterocycles. The normalized spacial score (nSPS) is 15.5. The van der Waals surface area contributed by atoms with Gasteiger partial charge in [0, 0.05) is 29.7 Å². The second-order valence-electron chi connectivity index (χ2n) is 7.58. The summed E-state index contributed by atoms with van der Waals surface area (Å²) in [5, 5.41) is 5.73. The molecule has 1 heterocycles. The number of nitrogens with zero attached hydrogens (tertiary/aromatic N) is 1. The van der Waals surface area contributed by atoms with Crippen LogP contribution in [0.25, 0.3) is 0 Å². The van der Waals surface area contributed by atoms with Gasteiger partial charge < -0.3 is 15.5 Å². The van der Waals surface area contributed by atoms with Crippen molar-refractivity contribution < 1.29 is 14.4 Å². The Labute approximate surface area is 194 Å². The molecule has 3 amide bonds. The molecule has 1 fully saturated rings. The molecule has 0 unspecified atom stereocenters. The molecule has 1 aliphatic heterocycles. The van der Waals surface area contributed by atoms with Gasteiger partial charge in [-0.2, -0.15) is 0 Å². The molecule has 32 heavy (non-hydrogen) atoms. The first-order chi connectivity index (χ1) is 15.5. The fourth-order valence-corrected chi connectivity index (χ4v) is 3.92. The van der Waals surface area contributed by atoms with Crippen molar-refractivity contribution in [2.24, 2.45) is 5.92 Å². The van der Waals surface area contributed by atoms with Crippen LogP contribution in [0.5, 0.6) is 0 Å². The first-order valence-corrected chi connectivity index (χ1v) is 11.1. The predicted molar refractivity (Wildman–Crippen MR) is 127 cm³/mol. The average Bonchev–Trinajstić information content (AvgIpc) is 3.21. The summed E-state index contributed by atoms with van der Waals surface area (Å²) in [6, 6.07) is 23.9. The molecule has 0 spiro atoms. The van der Waals surface area contributed by atoms with Gasteiger partial charge in [-0.25, -0.2) is 0 Å². The third-order valence-electron chi connectivity index (χ3n) is 5.36. The van der Waals surface area contributed by atoms with Crippen LogP contribution < -0.4 is 15.5 Å². The van der Waals surface area contributed by atoms with Gasteiger partial charge in [-0.05, 0) is 42.0 Å². The number of nitrogens with one attached hydrogen (secondary N) is 2. The highest BCUT2D eigenvalue weighted by Crippen LogP contribution is 2.27. The average molecular weight is 492 g/mol. The van der Waals surface area contributed by atoms with Crippen molar-refractivity contribution in [1.29, 1.82) is 0 Å². The number of anilines is 2. The quantitative estimate of drug-likeness (QED) is 0.537. The highest BCUT2D eigenvalue weighted by Gasteiger charge is 2.35. The smallest absolute Gasteiger partial charge is 0.253 e. The SMILES string of the molecule is O=C(NCc1ccccc1)c1ccccc1NC(=O)[C@@H]1CC(=O)N(c2ccc(Br)cc2)C1. The summed E-state index contributed by atoms with van der Waals surface area (Å²) in [7, 11) is 0. The zero-order chi connectivity index (χ0) is 22.5. The zero-order valence-electron chi connectivity index (χ0n) is 17.3. The highest BCUT2D eigenvalue weighted by molar-refractivity contribution is 9.10. The van der Waals surface area contributed by atoms with Gasteiger partial charge in [-0.3, -0.25) is 14.4 Å². The number of halogens is 1. The van der Waals surface area contributed by atoms with E-state index in [0.29, 0.717) is 24.3 Å². The third-order valence-corrected chi connectivity index (χ3v) is 5.89. The van der Waals surface area contributed by atoms with Gasteiger partial charge in [-0.1, -0.05) is 58.4 Å². The zero-order valence-corrected chi connectivity index (χ0v) is 18.8. The lowest BCUT2D eigenvalue weighted by molar-refractivity contribution is -0.122. The lowest BCUT2D eigenvalue weighted by Gasteiger charge is -2.17. The van der Waals surface area contributed by atoms with Gasteiger partial charge in [0.2, 0.25) is 11.8 Å². The van der Waals surface area contributed by atoms with Crippen molar-refractivity contribution >= 4 is 45.0 Å². The van der Waals surface area contributed by atoms with Crippen molar-refractivity contribution in [1.82, 2.24) is 5.32 Å². The minimum atomic E-state index is -0.494. The van der Waals surface area contributed by atoms with Crippen LogP contribution in [-0.4, -0.2) is 24.3 Å². The molecule has 1 atom stereocenters. The molecular formula is C25H22BrN3O3. The van der Waals surface area contributed by atoms with Crippen LogP contribution in [0.1, 0.15) is 22.3 Å². The minimum absolute atomic E-state index is 0.0960. The number of hydrogen-bond donors (Lipinski definition) is 2. The van der Waals surface area contributed by atoms with E-state index >= 15 is 0 Å². The molecule has 7 heteroatoms. The summed E-state index contributed by atoms with van der Waals surface area (Å²) in [4.78, 5) is 39.8. The highest BCUT2D eigenvalue weighted by atomic mass is 79.9. The maximum atomic E-state index is 12.9. The van der Waals surface area contributed by atoms with Gasteiger partial charge >= 0.3 is 0 Å². The Kier molecular flexibility index (Phi) is 6.66. The number of rotatable bonds is 6. The van der Waals surface area contributed by atoms with E-state index in [9.17, 15) is 14.4 Å². The van der Waals surface area contributed by atoms with Gasteiger partial charge in [0.05, 0.1) is 17.2 Å². The molecule has 0 bridgehead atoms. The molecular weight excluding hydrogens is 470 g/mol. The van der Waals surface area contributed by atoms with E-state index in [1.807, 2.05) is 54.6 Å². The standard InChI is InChI=1S/C25H22BrN3O3/c26-19-10-12-20(13-11-19)29-16-18(14-23(29)30)24(31)28-22-9-5-4-8-21(22)25(32)27-15-17-6-2-1-3-7-17/h1-13,18H,14-16H2,(H,27,32)(H,28,31)/t18-/m1/s1. The maximum Gasteiger partial charge on any atom is 0.253 e. The number of amides is 3. The monoisotopic (exact) mass is 491 g/mol. The molecule has 3 aromatic carbocycles. The Morgan fingerprint density at radius 2 is 1.62 bits per heavy atom. The number of para-hydroxylation sites is 1. The fourth-order valence-electron chi connectivity index (χ4n) is 3.65. The van der Waals surface area contributed by atoms with Crippen molar-refractivity contribution in [2.45, 2.75) is 13.0 Å². The molecule has 1 aliphatic rings. The van der Waals surface area contributed by atoms with Crippen molar-refractivity contribution in [3.05, 3.63) is 94.5 Å². The first kappa shape index (κ1) is 21.8. The summed E-state index contributed by atoms with van der Waals surface area (Å²) in [5.41, 5.74) is 2.55. The van der Waals surface area contributed by atoms with E-state index in [-0.39, 0.29) is 24.1 Å². The first-order valence-electron chi connectivity index (χ1n) is 10.3. The molecule has 0 saturated carbocycles. The number of carbonyl (C=O) groups is 3. The topological polar surface area (TPSA) is 78.5 Å². The molecule has 4 rings (SSSR count). The summed E-state index contributed by atoms with van der Waals surface area (Å²) in [6.45, 7) is 0.690. The van der Waals surface area contributed by atoms with Crippen LogP contribution in [0.15, 0.2) is 83.3 Å². The Hall–Kier alpha value is -3.45. The van der Waals surface area contributed by atoms with E-state index in [4.69, 9.17) is 0 Å². The summed E-state index contributed by atoms with van der Waals surface area (Å²) >= 11 is 3.38. The number of carbonyl (C=O) groups excluding carboxylic acids is 3. The molecule has 0 radical (unpaired) electrons. The Morgan fingerprint density at radius 1 is 0.938 bits per heavy atom. The Morgan fingerprint density at radius 3 is 2.38 bits per heavy atom. The maximum absolute atomic E-state index is 12.9. The summed E-state index contributed by atoms with van der Waals surface area (Å²) in [6.07, 6.45) is 0.129. The number of hydrogen-bond acceptors (Lipinski definition) is 3. The predicted octanol–water partition coefficient (Wildman–Crippen LogP) is 4.37. The molecule has 0 aromatic heterocycles. The van der Waals surface area contributed by atoms with Crippen molar-refractivity contribution in [2.75, 3.05) is 16.8 Å². The second kappa shape index (κ2) is 9.78. The summed E-state index contributed by atoms with van der Waals surface area (Å²) < 4.78 is 0.921. The molecule has 6 nitrogen and oxygen atoms in total. The molecule has 2 N–H and O–H groups in total. The van der Waals surface area contributed by atoms with Gasteiger partial charge in [0.25, 0.3) is 5.91 Å². The third kappa shape index (κ3) is 5.06. The van der Waals surface area contributed by atoms with Crippen LogP contribution in [0.4, 0.5) is 11.4 Å². The van der Waals surface area contributed by atoms with Crippen LogP contribution in [0, 0.1) is 5.92 Å².